The van der Waals surface area contributed by atoms with E-state index >= 15 is 0 Å². The first-order chi connectivity index (χ1) is 16.0. The molecular weight excluding hydrogens is 528 g/mol. The summed E-state index contributed by atoms with van der Waals surface area (Å²) in [5, 5.41) is 10.1. The molecule has 0 aliphatic rings. The van der Waals surface area contributed by atoms with Crippen LogP contribution in [0.1, 0.15) is 27.2 Å². The Bertz CT molecular complexity index is 1250. The van der Waals surface area contributed by atoms with Gasteiger partial charge in [0.15, 0.2) is 17.1 Å². The zero-order chi connectivity index (χ0) is 25.0. The first-order valence-corrected chi connectivity index (χ1v) is 11.8. The van der Waals surface area contributed by atoms with Crippen LogP contribution in [0.4, 0.5) is 0 Å². The van der Waals surface area contributed by atoms with E-state index in [0.717, 1.165) is 0 Å². The van der Waals surface area contributed by atoms with Gasteiger partial charge in [0.2, 0.25) is 0 Å². The van der Waals surface area contributed by atoms with Crippen LogP contribution >= 0.6 is 27.5 Å². The lowest BCUT2D eigenvalue weighted by Crippen LogP contribution is -2.37. The summed E-state index contributed by atoms with van der Waals surface area (Å²) in [6, 6.07) is 9.82. The molecule has 1 N–H and O–H groups in total. The van der Waals surface area contributed by atoms with E-state index in [4.69, 9.17) is 30.2 Å². The molecule has 1 atom stereocenters. The Kier molecular flexibility index (Phi) is 8.28. The summed E-state index contributed by atoms with van der Waals surface area (Å²) in [6.07, 6.45) is -0.427. The van der Waals surface area contributed by atoms with Crippen LogP contribution in [0.2, 0.25) is 5.02 Å². The van der Waals surface area contributed by atoms with Crippen LogP contribution in [0.15, 0.2) is 50.1 Å². The van der Waals surface area contributed by atoms with Gasteiger partial charge < -0.3 is 23.7 Å². The predicted molar refractivity (Wildman–Crippen MR) is 134 cm³/mol. The number of methoxy groups -OCH3 is 1. The fourth-order valence-corrected chi connectivity index (χ4v) is 4.07. The summed E-state index contributed by atoms with van der Waals surface area (Å²) in [6.45, 7) is 5.96. The molecule has 1 heterocycles. The van der Waals surface area contributed by atoms with Crippen LogP contribution in [0.25, 0.3) is 22.3 Å². The molecule has 7 nitrogen and oxygen atoms in total. The van der Waals surface area contributed by atoms with Crippen molar-refractivity contribution in [1.29, 1.82) is 0 Å². The minimum atomic E-state index is -0.993. The Morgan fingerprint density at radius 2 is 1.91 bits per heavy atom. The quantitative estimate of drug-likeness (QED) is 0.317. The van der Waals surface area contributed by atoms with Crippen molar-refractivity contribution in [2.75, 3.05) is 20.3 Å². The van der Waals surface area contributed by atoms with Gasteiger partial charge in [0.1, 0.15) is 17.3 Å². The van der Waals surface area contributed by atoms with Gasteiger partial charge in [-0.3, -0.25) is 4.79 Å². The predicted octanol–water partition coefficient (Wildman–Crippen LogP) is 6.17. The number of fused-ring (bicyclic) bond motifs is 1. The zero-order valence-electron chi connectivity index (χ0n) is 19.3. The van der Waals surface area contributed by atoms with Crippen LogP contribution < -0.4 is 14.9 Å². The molecule has 182 valence electrons. The lowest BCUT2D eigenvalue weighted by atomic mass is 9.89. The van der Waals surface area contributed by atoms with Crippen molar-refractivity contribution in [2.24, 2.45) is 5.41 Å². The van der Waals surface area contributed by atoms with Gasteiger partial charge in [0.05, 0.1) is 40.8 Å². The third kappa shape index (κ3) is 5.92. The van der Waals surface area contributed by atoms with E-state index in [-0.39, 0.29) is 24.4 Å². The zero-order valence-corrected chi connectivity index (χ0v) is 21.7. The standard InChI is InChI=1S/C25H26BrClO7/c1-25(2,3)23(24(29)30)33-10-6-9-32-21-11-15(19(31-4)12-16(21)26)20-13-18(28)14-7-5-8-17(27)22(14)34-20/h5,7-8,11-13,23H,6,9-10H2,1-4H3,(H,29,30). The molecule has 1 unspecified atom stereocenters. The summed E-state index contributed by atoms with van der Waals surface area (Å²) < 4.78 is 23.5. The normalized spacial score (nSPS) is 12.5. The molecule has 0 saturated heterocycles. The van der Waals surface area contributed by atoms with Gasteiger partial charge in [0.25, 0.3) is 0 Å². The van der Waals surface area contributed by atoms with Crippen molar-refractivity contribution in [3.05, 3.63) is 56.1 Å². The third-order valence-electron chi connectivity index (χ3n) is 5.07. The van der Waals surface area contributed by atoms with E-state index in [1.807, 2.05) is 20.8 Å². The SMILES string of the molecule is COc1cc(Br)c(OCCCOC(C(=O)O)C(C)(C)C)cc1-c1cc(=O)c2cccc(Cl)c2o1. The van der Waals surface area contributed by atoms with Gasteiger partial charge in [-0.25, -0.2) is 4.79 Å². The Morgan fingerprint density at radius 3 is 2.56 bits per heavy atom. The topological polar surface area (TPSA) is 95.2 Å². The van der Waals surface area contributed by atoms with E-state index in [0.29, 0.717) is 43.9 Å². The number of aliphatic carboxylic acids is 1. The van der Waals surface area contributed by atoms with Gasteiger partial charge in [-0.1, -0.05) is 38.4 Å². The molecule has 0 radical (unpaired) electrons. The average Bonchev–Trinajstić information content (AvgIpc) is 2.76. The number of hydrogen-bond donors (Lipinski definition) is 1. The van der Waals surface area contributed by atoms with Gasteiger partial charge in [0, 0.05) is 12.5 Å². The molecule has 0 bridgehead atoms. The van der Waals surface area contributed by atoms with Crippen molar-refractivity contribution in [2.45, 2.75) is 33.3 Å². The number of ether oxygens (including phenoxy) is 3. The second kappa shape index (κ2) is 10.8. The Labute approximate surface area is 210 Å². The number of carboxylic acids is 1. The number of halogens is 2. The minimum absolute atomic E-state index is 0.227. The molecule has 0 aliphatic carbocycles. The largest absolute Gasteiger partial charge is 0.496 e. The van der Waals surface area contributed by atoms with Crippen LogP contribution in [0.3, 0.4) is 0 Å². The highest BCUT2D eigenvalue weighted by Gasteiger charge is 2.31. The summed E-state index contributed by atoms with van der Waals surface area (Å²) in [5.74, 6) is 0.278. The molecule has 0 amide bonds. The molecule has 2 aromatic carbocycles. The van der Waals surface area contributed by atoms with Crippen molar-refractivity contribution >= 4 is 44.5 Å². The van der Waals surface area contributed by atoms with E-state index < -0.39 is 17.5 Å². The molecular formula is C25H26BrClO7. The average molecular weight is 554 g/mol. The first-order valence-electron chi connectivity index (χ1n) is 10.6. The Hall–Kier alpha value is -2.55. The van der Waals surface area contributed by atoms with Crippen LogP contribution in [-0.4, -0.2) is 37.5 Å². The smallest absolute Gasteiger partial charge is 0.333 e. The highest BCUT2D eigenvalue weighted by atomic mass is 79.9. The molecule has 0 spiro atoms. The van der Waals surface area contributed by atoms with E-state index in [2.05, 4.69) is 15.9 Å². The molecule has 3 rings (SSSR count). The summed E-state index contributed by atoms with van der Waals surface area (Å²) >= 11 is 9.71. The van der Waals surface area contributed by atoms with Gasteiger partial charge in [-0.2, -0.15) is 0 Å². The highest BCUT2D eigenvalue weighted by molar-refractivity contribution is 9.10. The second-order valence-electron chi connectivity index (χ2n) is 8.73. The third-order valence-corrected chi connectivity index (χ3v) is 5.99. The maximum absolute atomic E-state index is 12.6. The number of rotatable bonds is 9. The molecule has 0 aliphatic heterocycles. The highest BCUT2D eigenvalue weighted by Crippen LogP contribution is 2.39. The minimum Gasteiger partial charge on any atom is -0.496 e. The number of hydrogen-bond acceptors (Lipinski definition) is 6. The molecule has 3 aromatic rings. The fourth-order valence-electron chi connectivity index (χ4n) is 3.42. The first kappa shape index (κ1) is 26.1. The molecule has 0 saturated carbocycles. The second-order valence-corrected chi connectivity index (χ2v) is 9.99. The van der Waals surface area contributed by atoms with E-state index in [1.165, 1.54) is 13.2 Å². The monoisotopic (exact) mass is 552 g/mol. The maximum atomic E-state index is 12.6. The van der Waals surface area contributed by atoms with Crippen molar-refractivity contribution in [1.82, 2.24) is 0 Å². The summed E-state index contributed by atoms with van der Waals surface area (Å²) in [4.78, 5) is 24.1. The van der Waals surface area contributed by atoms with Crippen LogP contribution in [-0.2, 0) is 9.53 Å². The molecule has 9 heteroatoms. The number of para-hydroxylation sites is 1. The number of carbonyl (C=O) groups is 1. The number of carboxylic acid groups (broad SMARTS) is 1. The lowest BCUT2D eigenvalue weighted by molar-refractivity contribution is -0.158. The van der Waals surface area contributed by atoms with Crippen molar-refractivity contribution in [3.63, 3.8) is 0 Å². The van der Waals surface area contributed by atoms with Crippen LogP contribution in [0.5, 0.6) is 11.5 Å². The van der Waals surface area contributed by atoms with E-state index in [9.17, 15) is 14.7 Å². The molecule has 1 aromatic heterocycles. The van der Waals surface area contributed by atoms with Crippen molar-refractivity contribution in [3.8, 4) is 22.8 Å². The number of benzene rings is 2. The van der Waals surface area contributed by atoms with Crippen molar-refractivity contribution < 1.29 is 28.5 Å². The van der Waals surface area contributed by atoms with Crippen LogP contribution in [0, 0.1) is 5.41 Å². The van der Waals surface area contributed by atoms with Gasteiger partial charge in [-0.05, 0) is 45.6 Å². The van der Waals surface area contributed by atoms with E-state index in [1.54, 1.807) is 30.3 Å². The summed E-state index contributed by atoms with van der Waals surface area (Å²) in [5.41, 5.74) is 0.0700. The maximum Gasteiger partial charge on any atom is 0.333 e. The Balaban J connectivity index is 1.80. The lowest BCUT2D eigenvalue weighted by Gasteiger charge is -2.26. The molecule has 34 heavy (non-hydrogen) atoms. The van der Waals surface area contributed by atoms with Gasteiger partial charge >= 0.3 is 5.97 Å². The molecule has 0 fully saturated rings. The summed E-state index contributed by atoms with van der Waals surface area (Å²) in [7, 11) is 1.52. The Morgan fingerprint density at radius 1 is 1.18 bits per heavy atom. The fraction of sp³-hybridized carbons (Fsp3) is 0.360. The van der Waals surface area contributed by atoms with Gasteiger partial charge in [-0.15, -0.1) is 0 Å².